The Labute approximate surface area is 156 Å². The van der Waals surface area contributed by atoms with E-state index in [-0.39, 0.29) is 0 Å². The Morgan fingerprint density at radius 1 is 1.00 bits per heavy atom. The summed E-state index contributed by atoms with van der Waals surface area (Å²) in [5, 5.41) is 14.3. The first kappa shape index (κ1) is 16.0. The van der Waals surface area contributed by atoms with Gasteiger partial charge in [-0.15, -0.1) is 10.2 Å². The Morgan fingerprint density at radius 3 is 2.70 bits per heavy atom. The Morgan fingerprint density at radius 2 is 1.85 bits per heavy atom. The molecule has 0 atom stereocenters. The molecule has 27 heavy (non-hydrogen) atoms. The number of hydrogen-bond donors (Lipinski definition) is 0. The third-order valence-electron chi connectivity index (χ3n) is 5.17. The van der Waals surface area contributed by atoms with Crippen molar-refractivity contribution in [3.63, 3.8) is 0 Å². The molecule has 0 unspecified atom stereocenters. The molecule has 4 aromatic heterocycles. The van der Waals surface area contributed by atoms with Gasteiger partial charge >= 0.3 is 0 Å². The lowest BCUT2D eigenvalue weighted by Gasteiger charge is -2.32. The van der Waals surface area contributed by atoms with Gasteiger partial charge in [0.15, 0.2) is 11.5 Å². The number of hydrogen-bond acceptors (Lipinski definition) is 7. The highest BCUT2D eigenvalue weighted by Crippen LogP contribution is 2.31. The minimum absolute atomic E-state index is 0.349. The zero-order valence-corrected chi connectivity index (χ0v) is 15.4. The lowest BCUT2D eigenvalue weighted by atomic mass is 9.96. The molecule has 0 radical (unpaired) electrons. The van der Waals surface area contributed by atoms with Gasteiger partial charge in [-0.05, 0) is 44.9 Å². The first-order valence-electron chi connectivity index (χ1n) is 9.21. The second kappa shape index (κ2) is 6.22. The van der Waals surface area contributed by atoms with Crippen molar-refractivity contribution in [3.05, 3.63) is 47.9 Å². The SMILES string of the molecule is Cc1ccc2nnc(C3CCN(c4nc(C)nc5cnccc45)CC3)n2n1. The molecular weight excluding hydrogens is 340 g/mol. The van der Waals surface area contributed by atoms with Gasteiger partial charge in [0.2, 0.25) is 0 Å². The van der Waals surface area contributed by atoms with E-state index in [9.17, 15) is 0 Å². The van der Waals surface area contributed by atoms with Crippen LogP contribution in [0.3, 0.4) is 0 Å². The normalized spacial score (nSPS) is 15.7. The molecule has 5 heterocycles. The molecule has 4 aromatic rings. The molecule has 136 valence electrons. The van der Waals surface area contributed by atoms with Crippen LogP contribution in [0, 0.1) is 13.8 Å². The lowest BCUT2D eigenvalue weighted by molar-refractivity contribution is 0.475. The van der Waals surface area contributed by atoms with Crippen molar-refractivity contribution in [2.45, 2.75) is 32.6 Å². The summed E-state index contributed by atoms with van der Waals surface area (Å²) in [5.74, 6) is 3.08. The summed E-state index contributed by atoms with van der Waals surface area (Å²) in [5.41, 5.74) is 2.67. The van der Waals surface area contributed by atoms with Crippen molar-refractivity contribution in [3.8, 4) is 0 Å². The number of piperidine rings is 1. The molecule has 1 saturated heterocycles. The third kappa shape index (κ3) is 2.77. The first-order valence-corrected chi connectivity index (χ1v) is 9.21. The molecule has 5 rings (SSSR count). The summed E-state index contributed by atoms with van der Waals surface area (Å²) in [6.45, 7) is 5.75. The fourth-order valence-electron chi connectivity index (χ4n) is 3.82. The van der Waals surface area contributed by atoms with Gasteiger partial charge < -0.3 is 4.90 Å². The highest BCUT2D eigenvalue weighted by Gasteiger charge is 2.26. The molecule has 0 spiro atoms. The van der Waals surface area contributed by atoms with E-state index >= 15 is 0 Å². The number of fused-ring (bicyclic) bond motifs is 2. The summed E-state index contributed by atoms with van der Waals surface area (Å²) in [6.07, 6.45) is 5.59. The summed E-state index contributed by atoms with van der Waals surface area (Å²) >= 11 is 0. The molecule has 0 N–H and O–H groups in total. The van der Waals surface area contributed by atoms with Crippen LogP contribution in [0.25, 0.3) is 16.6 Å². The Kier molecular flexibility index (Phi) is 3.70. The molecule has 0 aliphatic carbocycles. The fourth-order valence-corrected chi connectivity index (χ4v) is 3.82. The maximum absolute atomic E-state index is 4.72. The Hall–Kier alpha value is -3.16. The molecule has 0 amide bonds. The van der Waals surface area contributed by atoms with Gasteiger partial charge in [-0.1, -0.05) is 0 Å². The summed E-state index contributed by atoms with van der Waals surface area (Å²) in [6, 6.07) is 5.93. The van der Waals surface area contributed by atoms with E-state index in [0.717, 1.165) is 65.6 Å². The smallest absolute Gasteiger partial charge is 0.177 e. The molecular formula is C19H20N8. The number of aromatic nitrogens is 7. The molecule has 1 aliphatic rings. The van der Waals surface area contributed by atoms with Crippen molar-refractivity contribution >= 4 is 22.4 Å². The van der Waals surface area contributed by atoms with E-state index < -0.39 is 0 Å². The largest absolute Gasteiger partial charge is 0.356 e. The van der Waals surface area contributed by atoms with Crippen molar-refractivity contribution in [1.29, 1.82) is 0 Å². The van der Waals surface area contributed by atoms with Crippen molar-refractivity contribution < 1.29 is 0 Å². The highest BCUT2D eigenvalue weighted by molar-refractivity contribution is 5.88. The van der Waals surface area contributed by atoms with E-state index in [0.29, 0.717) is 5.92 Å². The number of pyridine rings is 1. The maximum atomic E-state index is 4.72. The van der Waals surface area contributed by atoms with Crippen LogP contribution in [-0.4, -0.2) is 47.9 Å². The third-order valence-corrected chi connectivity index (χ3v) is 5.17. The maximum Gasteiger partial charge on any atom is 0.177 e. The molecule has 8 nitrogen and oxygen atoms in total. The predicted octanol–water partition coefficient (Wildman–Crippen LogP) is 2.46. The van der Waals surface area contributed by atoms with Gasteiger partial charge in [0.05, 0.1) is 17.4 Å². The van der Waals surface area contributed by atoms with E-state index in [4.69, 9.17) is 4.98 Å². The molecule has 1 fully saturated rings. The molecule has 0 bridgehead atoms. The molecule has 0 saturated carbocycles. The monoisotopic (exact) mass is 360 g/mol. The predicted molar refractivity (Wildman–Crippen MR) is 102 cm³/mol. The van der Waals surface area contributed by atoms with Gasteiger partial charge in [-0.25, -0.2) is 9.97 Å². The van der Waals surface area contributed by atoms with E-state index in [1.54, 1.807) is 12.4 Å². The quantitative estimate of drug-likeness (QED) is 0.543. The minimum atomic E-state index is 0.349. The van der Waals surface area contributed by atoms with Gasteiger partial charge in [0.1, 0.15) is 11.6 Å². The van der Waals surface area contributed by atoms with Crippen LogP contribution in [0.2, 0.25) is 0 Å². The standard InChI is InChI=1S/C19H20N8/c1-12-3-4-17-23-24-18(27(17)25-12)14-6-9-26(10-7-14)19-15-5-8-20-11-16(15)21-13(2)22-19/h3-5,8,11,14H,6-7,9-10H2,1-2H3. The van der Waals surface area contributed by atoms with Crippen molar-refractivity contribution in [1.82, 2.24) is 34.8 Å². The second-order valence-corrected chi connectivity index (χ2v) is 7.05. The number of anilines is 1. The first-order chi connectivity index (χ1) is 13.2. The van der Waals surface area contributed by atoms with E-state index in [2.05, 4.69) is 30.2 Å². The lowest BCUT2D eigenvalue weighted by Crippen LogP contribution is -2.34. The topological polar surface area (TPSA) is 85.0 Å². The van der Waals surface area contributed by atoms with Gasteiger partial charge in [-0.3, -0.25) is 4.98 Å². The van der Waals surface area contributed by atoms with Crippen molar-refractivity contribution in [2.75, 3.05) is 18.0 Å². The van der Waals surface area contributed by atoms with Crippen LogP contribution in [-0.2, 0) is 0 Å². The van der Waals surface area contributed by atoms with E-state index in [1.807, 2.05) is 36.6 Å². The van der Waals surface area contributed by atoms with Crippen LogP contribution in [0.1, 0.15) is 36.1 Å². The Balaban J connectivity index is 1.43. The summed E-state index contributed by atoms with van der Waals surface area (Å²) in [7, 11) is 0. The van der Waals surface area contributed by atoms with E-state index in [1.165, 1.54) is 0 Å². The summed E-state index contributed by atoms with van der Waals surface area (Å²) in [4.78, 5) is 15.7. The number of rotatable bonds is 2. The highest BCUT2D eigenvalue weighted by atomic mass is 15.4. The number of nitrogens with zero attached hydrogens (tertiary/aromatic N) is 8. The fraction of sp³-hybridized carbons (Fsp3) is 0.368. The molecule has 1 aliphatic heterocycles. The molecule has 8 heteroatoms. The van der Waals surface area contributed by atoms with Crippen molar-refractivity contribution in [2.24, 2.45) is 0 Å². The van der Waals surface area contributed by atoms with Crippen LogP contribution in [0.4, 0.5) is 5.82 Å². The molecule has 0 aromatic carbocycles. The van der Waals surface area contributed by atoms with Crippen LogP contribution >= 0.6 is 0 Å². The number of aryl methyl sites for hydroxylation is 2. The van der Waals surface area contributed by atoms with Crippen LogP contribution < -0.4 is 4.90 Å². The van der Waals surface area contributed by atoms with Gasteiger partial charge in [0, 0.05) is 30.6 Å². The summed E-state index contributed by atoms with van der Waals surface area (Å²) < 4.78 is 1.89. The Bertz CT molecular complexity index is 1130. The van der Waals surface area contributed by atoms with Gasteiger partial charge in [-0.2, -0.15) is 9.61 Å². The average Bonchev–Trinajstić information content (AvgIpc) is 3.10. The zero-order valence-electron chi connectivity index (χ0n) is 15.4. The van der Waals surface area contributed by atoms with Crippen LogP contribution in [0.5, 0.6) is 0 Å². The van der Waals surface area contributed by atoms with Gasteiger partial charge in [0.25, 0.3) is 0 Å². The zero-order chi connectivity index (χ0) is 18.4. The minimum Gasteiger partial charge on any atom is -0.356 e. The average molecular weight is 360 g/mol. The second-order valence-electron chi connectivity index (χ2n) is 7.05. The van der Waals surface area contributed by atoms with Crippen LogP contribution in [0.15, 0.2) is 30.6 Å².